The Hall–Kier alpha value is -0.680. The summed E-state index contributed by atoms with van der Waals surface area (Å²) >= 11 is 5.30. The number of aromatic amines is 1. The zero-order valence-electron chi connectivity index (χ0n) is 11.5. The van der Waals surface area contributed by atoms with Gasteiger partial charge in [0.25, 0.3) is 0 Å². The molecule has 0 bridgehead atoms. The normalized spacial score (nSPS) is 16.8. The van der Waals surface area contributed by atoms with E-state index < -0.39 is 0 Å². The van der Waals surface area contributed by atoms with Crippen LogP contribution in [0.25, 0.3) is 0 Å². The van der Waals surface area contributed by atoms with Gasteiger partial charge < -0.3 is 9.47 Å². The molecule has 102 valence electrons. The topological polar surface area (TPSA) is 36.9 Å². The van der Waals surface area contributed by atoms with Gasteiger partial charge in [-0.25, -0.2) is 0 Å². The summed E-state index contributed by atoms with van der Waals surface area (Å²) in [4.78, 5) is 2.48. The number of nitrogens with one attached hydrogen (secondary N) is 1. The van der Waals surface area contributed by atoms with E-state index in [1.807, 2.05) is 0 Å². The van der Waals surface area contributed by atoms with Crippen molar-refractivity contribution in [2.75, 3.05) is 13.6 Å². The molecule has 1 heterocycles. The third-order valence-corrected chi connectivity index (χ3v) is 4.25. The molecular formula is C13H24N4S. The van der Waals surface area contributed by atoms with Crippen LogP contribution >= 0.6 is 12.2 Å². The smallest absolute Gasteiger partial charge is 0.195 e. The van der Waals surface area contributed by atoms with Gasteiger partial charge in [0.2, 0.25) is 0 Å². The van der Waals surface area contributed by atoms with Gasteiger partial charge in [-0.05, 0) is 38.5 Å². The van der Waals surface area contributed by atoms with Gasteiger partial charge in [0, 0.05) is 25.6 Å². The van der Waals surface area contributed by atoms with Crippen molar-refractivity contribution in [1.82, 2.24) is 19.7 Å². The molecule has 0 saturated heterocycles. The molecule has 1 fully saturated rings. The number of hydrogen-bond acceptors (Lipinski definition) is 3. The average molecular weight is 268 g/mol. The third kappa shape index (κ3) is 3.20. The minimum absolute atomic E-state index is 0.762. The fraction of sp³-hybridized carbons (Fsp3) is 0.846. The number of likely N-dealkylation sites (N-methyl/N-ethyl adjacent to an activating group) is 1. The minimum Gasteiger partial charge on any atom is -0.303 e. The molecular weight excluding hydrogens is 244 g/mol. The van der Waals surface area contributed by atoms with E-state index in [9.17, 15) is 0 Å². The van der Waals surface area contributed by atoms with Gasteiger partial charge in [-0.15, -0.1) is 0 Å². The molecule has 0 atom stereocenters. The standard InChI is InChI=1S/C13H24N4S/c1-3-6-12-14-15-13(18)17(12)10-9-16(2)11-7-4-5-8-11/h11H,3-10H2,1-2H3,(H,15,18). The molecule has 1 saturated carbocycles. The van der Waals surface area contributed by atoms with Crippen molar-refractivity contribution in [3.63, 3.8) is 0 Å². The van der Waals surface area contributed by atoms with Gasteiger partial charge in [0.1, 0.15) is 5.82 Å². The molecule has 0 amide bonds. The summed E-state index contributed by atoms with van der Waals surface area (Å²) in [5.41, 5.74) is 0. The molecule has 1 aliphatic carbocycles. The van der Waals surface area contributed by atoms with Crippen LogP contribution in [0.4, 0.5) is 0 Å². The van der Waals surface area contributed by atoms with E-state index in [-0.39, 0.29) is 0 Å². The van der Waals surface area contributed by atoms with Gasteiger partial charge in [-0.2, -0.15) is 5.10 Å². The lowest BCUT2D eigenvalue weighted by Crippen LogP contribution is -2.32. The van der Waals surface area contributed by atoms with Crippen LogP contribution in [-0.2, 0) is 13.0 Å². The Labute approximate surface area is 114 Å². The van der Waals surface area contributed by atoms with Crippen molar-refractivity contribution in [2.45, 2.75) is 58.0 Å². The SMILES string of the molecule is CCCc1n[nH]c(=S)n1CCN(C)C1CCCC1. The monoisotopic (exact) mass is 268 g/mol. The van der Waals surface area contributed by atoms with Crippen molar-refractivity contribution in [2.24, 2.45) is 0 Å². The van der Waals surface area contributed by atoms with Crippen LogP contribution in [-0.4, -0.2) is 39.3 Å². The van der Waals surface area contributed by atoms with Gasteiger partial charge in [-0.3, -0.25) is 5.10 Å². The van der Waals surface area contributed by atoms with Crippen molar-refractivity contribution in [3.05, 3.63) is 10.6 Å². The Morgan fingerprint density at radius 3 is 2.83 bits per heavy atom. The van der Waals surface area contributed by atoms with Crippen molar-refractivity contribution in [1.29, 1.82) is 0 Å². The number of aromatic nitrogens is 3. The highest BCUT2D eigenvalue weighted by atomic mass is 32.1. The highest BCUT2D eigenvalue weighted by molar-refractivity contribution is 7.71. The lowest BCUT2D eigenvalue weighted by molar-refractivity contribution is 0.235. The second-order valence-electron chi connectivity index (χ2n) is 5.27. The molecule has 0 radical (unpaired) electrons. The molecule has 18 heavy (non-hydrogen) atoms. The van der Waals surface area contributed by atoms with Crippen LogP contribution in [0.5, 0.6) is 0 Å². The van der Waals surface area contributed by atoms with E-state index in [0.717, 1.165) is 42.6 Å². The van der Waals surface area contributed by atoms with E-state index in [1.165, 1.54) is 25.7 Å². The summed E-state index contributed by atoms with van der Waals surface area (Å²) in [6.07, 6.45) is 7.60. The van der Waals surface area contributed by atoms with Gasteiger partial charge in [0.05, 0.1) is 0 Å². The second kappa shape index (κ2) is 6.48. The largest absolute Gasteiger partial charge is 0.303 e. The summed E-state index contributed by atoms with van der Waals surface area (Å²) in [6, 6.07) is 0.778. The summed E-state index contributed by atoms with van der Waals surface area (Å²) in [6.45, 7) is 4.19. The summed E-state index contributed by atoms with van der Waals surface area (Å²) in [5.74, 6) is 1.10. The molecule has 0 aromatic carbocycles. The first kappa shape index (κ1) is 13.7. The molecule has 1 aromatic rings. The molecule has 0 unspecified atom stereocenters. The van der Waals surface area contributed by atoms with Crippen LogP contribution in [0.2, 0.25) is 0 Å². The number of nitrogens with zero attached hydrogens (tertiary/aromatic N) is 3. The predicted molar refractivity (Wildman–Crippen MR) is 76.3 cm³/mol. The van der Waals surface area contributed by atoms with Crippen molar-refractivity contribution < 1.29 is 0 Å². The maximum atomic E-state index is 5.30. The maximum Gasteiger partial charge on any atom is 0.195 e. The van der Waals surface area contributed by atoms with Crippen LogP contribution in [0.3, 0.4) is 0 Å². The first-order chi connectivity index (χ1) is 8.72. The van der Waals surface area contributed by atoms with E-state index in [0.29, 0.717) is 0 Å². The maximum absolute atomic E-state index is 5.30. The molecule has 2 rings (SSSR count). The molecule has 4 nitrogen and oxygen atoms in total. The van der Waals surface area contributed by atoms with Crippen LogP contribution < -0.4 is 0 Å². The van der Waals surface area contributed by atoms with E-state index in [2.05, 4.69) is 33.6 Å². The summed E-state index contributed by atoms with van der Waals surface area (Å²) < 4.78 is 2.92. The fourth-order valence-electron chi connectivity index (χ4n) is 2.78. The zero-order chi connectivity index (χ0) is 13.0. The zero-order valence-corrected chi connectivity index (χ0v) is 12.3. The average Bonchev–Trinajstić information content (AvgIpc) is 2.98. The number of hydrogen-bond donors (Lipinski definition) is 1. The minimum atomic E-state index is 0.762. The summed E-state index contributed by atoms with van der Waals surface area (Å²) in [7, 11) is 2.24. The second-order valence-corrected chi connectivity index (χ2v) is 5.65. The lowest BCUT2D eigenvalue weighted by atomic mass is 10.2. The number of aryl methyl sites for hydroxylation is 1. The van der Waals surface area contributed by atoms with Crippen LogP contribution in [0.1, 0.15) is 44.9 Å². The Kier molecular flexibility index (Phi) is 4.95. The Morgan fingerprint density at radius 1 is 1.44 bits per heavy atom. The third-order valence-electron chi connectivity index (χ3n) is 3.94. The van der Waals surface area contributed by atoms with E-state index >= 15 is 0 Å². The molecule has 1 N–H and O–H groups in total. The Balaban J connectivity index is 1.92. The van der Waals surface area contributed by atoms with Crippen molar-refractivity contribution in [3.8, 4) is 0 Å². The van der Waals surface area contributed by atoms with Crippen LogP contribution in [0, 0.1) is 4.77 Å². The highest BCUT2D eigenvalue weighted by Crippen LogP contribution is 2.22. The molecule has 5 heteroatoms. The van der Waals surface area contributed by atoms with E-state index in [1.54, 1.807) is 0 Å². The molecule has 0 aliphatic heterocycles. The lowest BCUT2D eigenvalue weighted by Gasteiger charge is -2.24. The first-order valence-electron chi connectivity index (χ1n) is 7.06. The Bertz CT molecular complexity index is 417. The van der Waals surface area contributed by atoms with Crippen LogP contribution in [0.15, 0.2) is 0 Å². The number of rotatable bonds is 6. The molecule has 0 spiro atoms. The fourth-order valence-corrected chi connectivity index (χ4v) is 3.02. The number of H-pyrrole nitrogens is 1. The quantitative estimate of drug-likeness (QED) is 0.806. The Morgan fingerprint density at radius 2 is 2.17 bits per heavy atom. The molecule has 1 aromatic heterocycles. The molecule has 1 aliphatic rings. The summed E-state index contributed by atoms with van der Waals surface area (Å²) in [5, 5.41) is 7.22. The van der Waals surface area contributed by atoms with Gasteiger partial charge in [-0.1, -0.05) is 19.8 Å². The van der Waals surface area contributed by atoms with Gasteiger partial charge in [0.15, 0.2) is 4.77 Å². The van der Waals surface area contributed by atoms with Gasteiger partial charge >= 0.3 is 0 Å². The van der Waals surface area contributed by atoms with Crippen molar-refractivity contribution >= 4 is 12.2 Å². The highest BCUT2D eigenvalue weighted by Gasteiger charge is 2.19. The predicted octanol–water partition coefficient (Wildman–Crippen LogP) is 2.77. The van der Waals surface area contributed by atoms with E-state index in [4.69, 9.17) is 12.2 Å². The first-order valence-corrected chi connectivity index (χ1v) is 7.47.